The summed E-state index contributed by atoms with van der Waals surface area (Å²) in [4.78, 5) is 11.7. The Labute approximate surface area is 168 Å². The van der Waals surface area contributed by atoms with Crippen molar-refractivity contribution in [2.75, 3.05) is 11.4 Å². The summed E-state index contributed by atoms with van der Waals surface area (Å²) in [6.07, 6.45) is 11.2. The molecule has 1 spiro atoms. The quantitative estimate of drug-likeness (QED) is 0.635. The largest absolute Gasteiger partial charge is 0.379 e. The summed E-state index contributed by atoms with van der Waals surface area (Å²) in [5.41, 5.74) is 4.66. The average molecular weight is 390 g/mol. The van der Waals surface area contributed by atoms with Crippen molar-refractivity contribution < 1.29 is 4.39 Å². The van der Waals surface area contributed by atoms with Crippen LogP contribution in [0.4, 0.5) is 10.2 Å². The van der Waals surface area contributed by atoms with E-state index in [2.05, 4.69) is 26.9 Å². The molecular weight excluding hydrogens is 367 g/mol. The molecule has 5 heterocycles. The van der Waals surface area contributed by atoms with E-state index in [1.54, 1.807) is 10.6 Å². The number of anilines is 1. The molecule has 1 saturated carbocycles. The first-order valence-electron chi connectivity index (χ1n) is 10.3. The van der Waals surface area contributed by atoms with E-state index in [0.717, 1.165) is 79.1 Å². The van der Waals surface area contributed by atoms with Crippen LogP contribution < -0.4 is 10.2 Å². The maximum atomic E-state index is 14.2. The Hall–Kier alpha value is -2.96. The highest BCUT2D eigenvalue weighted by atomic mass is 19.1. The fourth-order valence-electron chi connectivity index (χ4n) is 4.91. The Bertz CT molecular complexity index is 1130. The maximum absolute atomic E-state index is 14.2. The number of halogens is 1. The van der Waals surface area contributed by atoms with E-state index in [4.69, 9.17) is 4.98 Å². The molecule has 148 valence electrons. The standard InChI is InChI=1S/C22H23FN6/c1-14-17-13-25-29-10-5-20(26-21(17)29)28-9-2-3-19(28)16-11-15(23)12-24-18(16)4-6-22(27-14)7-8-22/h5,10-13,19,27H,1-4,6-9H2. The third-order valence-corrected chi connectivity index (χ3v) is 6.67. The minimum atomic E-state index is -0.269. The third kappa shape index (κ3) is 2.71. The van der Waals surface area contributed by atoms with Gasteiger partial charge < -0.3 is 10.2 Å². The number of pyridine rings is 1. The Morgan fingerprint density at radius 3 is 3.00 bits per heavy atom. The molecule has 3 aromatic heterocycles. The van der Waals surface area contributed by atoms with Crippen molar-refractivity contribution >= 4 is 17.2 Å². The predicted molar refractivity (Wildman–Crippen MR) is 109 cm³/mol. The van der Waals surface area contributed by atoms with Crippen molar-refractivity contribution in [3.05, 3.63) is 59.9 Å². The van der Waals surface area contributed by atoms with E-state index >= 15 is 0 Å². The van der Waals surface area contributed by atoms with Gasteiger partial charge in [0.25, 0.3) is 0 Å². The van der Waals surface area contributed by atoms with Crippen LogP contribution in [-0.4, -0.2) is 31.7 Å². The van der Waals surface area contributed by atoms with E-state index < -0.39 is 0 Å². The van der Waals surface area contributed by atoms with Crippen LogP contribution in [0.1, 0.15) is 55.0 Å². The molecule has 2 fully saturated rings. The summed E-state index contributed by atoms with van der Waals surface area (Å²) in [6.45, 7) is 5.19. The van der Waals surface area contributed by atoms with Gasteiger partial charge in [-0.2, -0.15) is 5.10 Å². The molecule has 2 aliphatic heterocycles. The molecule has 0 amide bonds. The van der Waals surface area contributed by atoms with Crippen molar-refractivity contribution in [1.29, 1.82) is 0 Å². The number of nitrogens with zero attached hydrogens (tertiary/aromatic N) is 5. The fourth-order valence-corrected chi connectivity index (χ4v) is 4.91. The zero-order valence-corrected chi connectivity index (χ0v) is 16.2. The van der Waals surface area contributed by atoms with Crippen LogP contribution in [0, 0.1) is 5.82 Å². The van der Waals surface area contributed by atoms with Gasteiger partial charge in [0.15, 0.2) is 5.65 Å². The summed E-state index contributed by atoms with van der Waals surface area (Å²) in [6, 6.07) is 3.77. The molecule has 1 N–H and O–H groups in total. The lowest BCUT2D eigenvalue weighted by molar-refractivity contribution is 0.530. The summed E-state index contributed by atoms with van der Waals surface area (Å²) in [7, 11) is 0. The second kappa shape index (κ2) is 6.02. The molecule has 1 unspecified atom stereocenters. The highest BCUT2D eigenvalue weighted by molar-refractivity contribution is 5.74. The SMILES string of the molecule is C=C1NC2(CCc3ncc(F)cc3C3CCCN3c3ccn4ncc1c4n3)CC2. The molecule has 1 aliphatic carbocycles. The Morgan fingerprint density at radius 1 is 1.24 bits per heavy atom. The van der Waals surface area contributed by atoms with Crippen molar-refractivity contribution in [3.63, 3.8) is 0 Å². The van der Waals surface area contributed by atoms with Crippen LogP contribution in [0.5, 0.6) is 0 Å². The summed E-state index contributed by atoms with van der Waals surface area (Å²) in [5.74, 6) is 0.624. The minimum Gasteiger partial charge on any atom is -0.379 e. The highest BCUT2D eigenvalue weighted by Gasteiger charge is 2.43. The zero-order chi connectivity index (χ0) is 19.6. The van der Waals surface area contributed by atoms with Gasteiger partial charge in [-0.3, -0.25) is 4.98 Å². The van der Waals surface area contributed by atoms with E-state index in [0.29, 0.717) is 0 Å². The van der Waals surface area contributed by atoms with Crippen molar-refractivity contribution in [2.24, 2.45) is 0 Å². The molecule has 6 rings (SSSR count). The topological polar surface area (TPSA) is 58.4 Å². The van der Waals surface area contributed by atoms with Gasteiger partial charge in [-0.05, 0) is 56.2 Å². The van der Waals surface area contributed by atoms with E-state index in [1.807, 2.05) is 18.5 Å². The number of hydrogen-bond acceptors (Lipinski definition) is 5. The van der Waals surface area contributed by atoms with Crippen LogP contribution >= 0.6 is 0 Å². The van der Waals surface area contributed by atoms with E-state index in [9.17, 15) is 4.39 Å². The van der Waals surface area contributed by atoms with Gasteiger partial charge in [-0.1, -0.05) is 6.58 Å². The highest BCUT2D eigenvalue weighted by Crippen LogP contribution is 2.43. The van der Waals surface area contributed by atoms with E-state index in [1.165, 1.54) is 6.20 Å². The molecule has 3 aromatic rings. The van der Waals surface area contributed by atoms with Gasteiger partial charge in [-0.25, -0.2) is 13.9 Å². The number of aryl methyl sites for hydroxylation is 1. The van der Waals surface area contributed by atoms with Crippen LogP contribution in [0.15, 0.2) is 37.3 Å². The number of rotatable bonds is 0. The molecule has 1 saturated heterocycles. The van der Waals surface area contributed by atoms with Crippen molar-refractivity contribution in [2.45, 2.75) is 50.1 Å². The van der Waals surface area contributed by atoms with Crippen molar-refractivity contribution in [3.8, 4) is 0 Å². The molecule has 3 aliphatic rings. The molecular formula is C22H23FN6. The number of hydrogen-bond donors (Lipinski definition) is 1. The number of aromatic nitrogens is 4. The first-order chi connectivity index (χ1) is 14.1. The van der Waals surface area contributed by atoms with Gasteiger partial charge in [0.2, 0.25) is 0 Å². The van der Waals surface area contributed by atoms with Crippen LogP contribution in [0.3, 0.4) is 0 Å². The predicted octanol–water partition coefficient (Wildman–Crippen LogP) is 3.64. The second-order valence-corrected chi connectivity index (χ2v) is 8.54. The normalized spacial score (nSPS) is 22.6. The maximum Gasteiger partial charge on any atom is 0.166 e. The number of nitrogens with one attached hydrogen (secondary N) is 1. The zero-order valence-electron chi connectivity index (χ0n) is 16.2. The lowest BCUT2D eigenvalue weighted by Crippen LogP contribution is -2.30. The Morgan fingerprint density at radius 2 is 2.14 bits per heavy atom. The fraction of sp³-hybridized carbons (Fsp3) is 0.409. The summed E-state index contributed by atoms with van der Waals surface area (Å²) in [5, 5.41) is 8.11. The molecule has 2 bridgehead atoms. The monoisotopic (exact) mass is 390 g/mol. The van der Waals surface area contributed by atoms with E-state index in [-0.39, 0.29) is 17.4 Å². The molecule has 1 atom stereocenters. The summed E-state index contributed by atoms with van der Waals surface area (Å²) >= 11 is 0. The molecule has 7 heteroatoms. The second-order valence-electron chi connectivity index (χ2n) is 8.54. The Balaban J connectivity index is 1.54. The molecule has 0 radical (unpaired) electrons. The van der Waals surface area contributed by atoms with Crippen LogP contribution in [-0.2, 0) is 6.42 Å². The minimum absolute atomic E-state index is 0.0414. The lowest BCUT2D eigenvalue weighted by Gasteiger charge is -2.27. The van der Waals surface area contributed by atoms with Gasteiger partial charge in [0, 0.05) is 29.7 Å². The molecule has 6 nitrogen and oxygen atoms in total. The van der Waals surface area contributed by atoms with Gasteiger partial charge >= 0.3 is 0 Å². The smallest absolute Gasteiger partial charge is 0.166 e. The van der Waals surface area contributed by atoms with Gasteiger partial charge in [0.05, 0.1) is 24.0 Å². The first-order valence-corrected chi connectivity index (χ1v) is 10.3. The van der Waals surface area contributed by atoms with Crippen LogP contribution in [0.2, 0.25) is 0 Å². The van der Waals surface area contributed by atoms with Gasteiger partial charge in [0.1, 0.15) is 11.6 Å². The van der Waals surface area contributed by atoms with Crippen molar-refractivity contribution in [1.82, 2.24) is 24.9 Å². The average Bonchev–Trinajstić information content (AvgIpc) is 3.14. The van der Waals surface area contributed by atoms with Crippen LogP contribution in [0.25, 0.3) is 11.3 Å². The van der Waals surface area contributed by atoms with Gasteiger partial charge in [-0.15, -0.1) is 0 Å². The Kier molecular flexibility index (Phi) is 3.52. The number of fused-ring (bicyclic) bond motifs is 5. The molecule has 29 heavy (non-hydrogen) atoms. The summed E-state index contributed by atoms with van der Waals surface area (Å²) < 4.78 is 16.0. The first kappa shape index (κ1) is 16.9. The third-order valence-electron chi connectivity index (χ3n) is 6.67. The lowest BCUT2D eigenvalue weighted by atomic mass is 9.97. The molecule has 0 aromatic carbocycles.